The standard InChI is InChI=1S/C16H19N3O2/c1-10-4-3-5-13-14(10)15(18-9-17-13)19-12-7-6-11(8-12)16(20)21-2/h3-5,9,11-12H,6-8H2,1-2H3,(H,17,18,19)/t11-,12+/m0/s1. The molecule has 110 valence electrons. The van der Waals surface area contributed by atoms with Crippen LogP contribution in [-0.4, -0.2) is 29.1 Å². The summed E-state index contributed by atoms with van der Waals surface area (Å²) >= 11 is 0. The van der Waals surface area contributed by atoms with Crippen molar-refractivity contribution in [3.8, 4) is 0 Å². The lowest BCUT2D eigenvalue weighted by molar-refractivity contribution is -0.145. The summed E-state index contributed by atoms with van der Waals surface area (Å²) in [5.41, 5.74) is 2.09. The van der Waals surface area contributed by atoms with E-state index in [1.54, 1.807) is 6.33 Å². The molecule has 5 nitrogen and oxygen atoms in total. The Morgan fingerprint density at radius 1 is 1.33 bits per heavy atom. The molecule has 1 aromatic heterocycles. The van der Waals surface area contributed by atoms with Gasteiger partial charge in [-0.25, -0.2) is 9.97 Å². The molecule has 21 heavy (non-hydrogen) atoms. The Hall–Kier alpha value is -2.17. The van der Waals surface area contributed by atoms with Crippen molar-refractivity contribution in [2.75, 3.05) is 12.4 Å². The van der Waals surface area contributed by atoms with Gasteiger partial charge in [-0.3, -0.25) is 4.79 Å². The Labute approximate surface area is 123 Å². The van der Waals surface area contributed by atoms with Crippen molar-refractivity contribution in [3.63, 3.8) is 0 Å². The molecule has 1 heterocycles. The number of methoxy groups -OCH3 is 1. The maximum atomic E-state index is 11.6. The lowest BCUT2D eigenvalue weighted by Gasteiger charge is -2.15. The smallest absolute Gasteiger partial charge is 0.308 e. The van der Waals surface area contributed by atoms with Crippen molar-refractivity contribution in [1.82, 2.24) is 9.97 Å². The third-order valence-corrected chi connectivity index (χ3v) is 4.18. The van der Waals surface area contributed by atoms with E-state index in [1.807, 2.05) is 12.1 Å². The molecule has 2 atom stereocenters. The topological polar surface area (TPSA) is 64.1 Å². The van der Waals surface area contributed by atoms with Crippen molar-refractivity contribution < 1.29 is 9.53 Å². The Morgan fingerprint density at radius 2 is 2.19 bits per heavy atom. The number of ether oxygens (including phenoxy) is 1. The molecule has 0 unspecified atom stereocenters. The molecule has 1 aromatic carbocycles. The highest BCUT2D eigenvalue weighted by molar-refractivity contribution is 5.91. The first-order valence-electron chi connectivity index (χ1n) is 7.23. The van der Waals surface area contributed by atoms with Crippen molar-refractivity contribution >= 4 is 22.7 Å². The molecule has 1 aliphatic rings. The fourth-order valence-corrected chi connectivity index (χ4v) is 3.08. The number of aryl methyl sites for hydroxylation is 1. The summed E-state index contributed by atoms with van der Waals surface area (Å²) in [6.45, 7) is 2.06. The lowest BCUT2D eigenvalue weighted by Crippen LogP contribution is -2.19. The minimum Gasteiger partial charge on any atom is -0.469 e. The van der Waals surface area contributed by atoms with Crippen LogP contribution in [0.25, 0.3) is 10.9 Å². The number of aromatic nitrogens is 2. The number of nitrogens with zero attached hydrogens (tertiary/aromatic N) is 2. The second-order valence-electron chi connectivity index (χ2n) is 5.57. The highest BCUT2D eigenvalue weighted by Crippen LogP contribution is 2.31. The normalized spacial score (nSPS) is 21.4. The summed E-state index contributed by atoms with van der Waals surface area (Å²) in [7, 11) is 1.45. The van der Waals surface area contributed by atoms with Crippen molar-refractivity contribution in [2.45, 2.75) is 32.2 Å². The van der Waals surface area contributed by atoms with Gasteiger partial charge in [0.1, 0.15) is 12.1 Å². The number of carbonyl (C=O) groups is 1. The quantitative estimate of drug-likeness (QED) is 0.878. The molecular weight excluding hydrogens is 266 g/mol. The van der Waals surface area contributed by atoms with E-state index in [0.29, 0.717) is 0 Å². The second kappa shape index (κ2) is 5.68. The Morgan fingerprint density at radius 3 is 3.00 bits per heavy atom. The zero-order valence-corrected chi connectivity index (χ0v) is 12.3. The monoisotopic (exact) mass is 285 g/mol. The summed E-state index contributed by atoms with van der Waals surface area (Å²) in [5, 5.41) is 4.53. The summed E-state index contributed by atoms with van der Waals surface area (Å²) < 4.78 is 4.83. The largest absolute Gasteiger partial charge is 0.469 e. The van der Waals surface area contributed by atoms with Gasteiger partial charge in [-0.2, -0.15) is 0 Å². The van der Waals surface area contributed by atoms with Gasteiger partial charge in [0.05, 0.1) is 18.5 Å². The first-order valence-corrected chi connectivity index (χ1v) is 7.23. The van der Waals surface area contributed by atoms with Gasteiger partial charge in [0.2, 0.25) is 0 Å². The van der Waals surface area contributed by atoms with Gasteiger partial charge >= 0.3 is 5.97 Å². The van der Waals surface area contributed by atoms with Crippen LogP contribution in [0.4, 0.5) is 5.82 Å². The highest BCUT2D eigenvalue weighted by Gasteiger charge is 2.31. The van der Waals surface area contributed by atoms with Gasteiger partial charge in [0.15, 0.2) is 0 Å². The van der Waals surface area contributed by atoms with Gasteiger partial charge < -0.3 is 10.1 Å². The molecule has 0 spiro atoms. The third kappa shape index (κ3) is 2.68. The van der Waals surface area contributed by atoms with Gasteiger partial charge in [-0.15, -0.1) is 0 Å². The maximum Gasteiger partial charge on any atom is 0.308 e. The molecule has 0 amide bonds. The number of benzene rings is 1. The number of esters is 1. The number of nitrogens with one attached hydrogen (secondary N) is 1. The minimum atomic E-state index is -0.108. The zero-order chi connectivity index (χ0) is 14.8. The Balaban J connectivity index is 1.82. The van der Waals surface area contributed by atoms with Crippen LogP contribution < -0.4 is 5.32 Å². The van der Waals surface area contributed by atoms with E-state index >= 15 is 0 Å². The van der Waals surface area contributed by atoms with Crippen LogP contribution in [0, 0.1) is 12.8 Å². The van der Waals surface area contributed by atoms with Crippen LogP contribution >= 0.6 is 0 Å². The number of carbonyl (C=O) groups excluding carboxylic acids is 1. The molecule has 0 aliphatic heterocycles. The van der Waals surface area contributed by atoms with Crippen LogP contribution in [-0.2, 0) is 9.53 Å². The summed E-state index contributed by atoms with van der Waals surface area (Å²) in [6.07, 6.45) is 4.20. The highest BCUT2D eigenvalue weighted by atomic mass is 16.5. The van der Waals surface area contributed by atoms with E-state index in [-0.39, 0.29) is 17.9 Å². The molecule has 1 N–H and O–H groups in total. The fourth-order valence-electron chi connectivity index (χ4n) is 3.08. The van der Waals surface area contributed by atoms with Crippen LogP contribution in [0.15, 0.2) is 24.5 Å². The van der Waals surface area contributed by atoms with Gasteiger partial charge in [-0.05, 0) is 37.8 Å². The fraction of sp³-hybridized carbons (Fsp3) is 0.438. The van der Waals surface area contributed by atoms with Gasteiger partial charge in [0.25, 0.3) is 0 Å². The molecule has 0 bridgehead atoms. The molecule has 0 saturated heterocycles. The minimum absolute atomic E-state index is 0.00157. The van der Waals surface area contributed by atoms with Crippen molar-refractivity contribution in [1.29, 1.82) is 0 Å². The summed E-state index contributed by atoms with van der Waals surface area (Å²) in [6, 6.07) is 6.30. The lowest BCUT2D eigenvalue weighted by atomic mass is 10.1. The van der Waals surface area contributed by atoms with E-state index in [9.17, 15) is 4.79 Å². The average molecular weight is 285 g/mol. The zero-order valence-electron chi connectivity index (χ0n) is 12.3. The summed E-state index contributed by atoms with van der Waals surface area (Å²) in [4.78, 5) is 20.3. The average Bonchev–Trinajstić information content (AvgIpc) is 2.95. The molecular formula is C16H19N3O2. The first-order chi connectivity index (χ1) is 10.2. The van der Waals surface area contributed by atoms with Crippen LogP contribution in [0.1, 0.15) is 24.8 Å². The van der Waals surface area contributed by atoms with Crippen LogP contribution in [0.3, 0.4) is 0 Å². The maximum absolute atomic E-state index is 11.6. The molecule has 2 aromatic rings. The molecule has 1 saturated carbocycles. The predicted molar refractivity (Wildman–Crippen MR) is 81.0 cm³/mol. The van der Waals surface area contributed by atoms with Crippen molar-refractivity contribution in [3.05, 3.63) is 30.1 Å². The number of rotatable bonds is 3. The van der Waals surface area contributed by atoms with Crippen LogP contribution in [0.2, 0.25) is 0 Å². The molecule has 1 aliphatic carbocycles. The first kappa shape index (κ1) is 13.8. The van der Waals surface area contributed by atoms with E-state index in [1.165, 1.54) is 7.11 Å². The Kier molecular flexibility index (Phi) is 3.73. The van der Waals surface area contributed by atoms with Gasteiger partial charge in [0, 0.05) is 11.4 Å². The number of fused-ring (bicyclic) bond motifs is 1. The summed E-state index contributed by atoms with van der Waals surface area (Å²) in [5.74, 6) is 0.748. The number of hydrogen-bond donors (Lipinski definition) is 1. The van der Waals surface area contributed by atoms with E-state index in [0.717, 1.165) is 41.5 Å². The van der Waals surface area contributed by atoms with E-state index < -0.39 is 0 Å². The van der Waals surface area contributed by atoms with E-state index in [4.69, 9.17) is 4.74 Å². The molecule has 5 heteroatoms. The predicted octanol–water partition coefficient (Wildman–Crippen LogP) is 2.69. The molecule has 0 radical (unpaired) electrons. The van der Waals surface area contributed by atoms with E-state index in [2.05, 4.69) is 28.3 Å². The van der Waals surface area contributed by atoms with Crippen LogP contribution in [0.5, 0.6) is 0 Å². The second-order valence-corrected chi connectivity index (χ2v) is 5.57. The van der Waals surface area contributed by atoms with Gasteiger partial charge in [-0.1, -0.05) is 12.1 Å². The van der Waals surface area contributed by atoms with Crippen molar-refractivity contribution in [2.24, 2.45) is 5.92 Å². The third-order valence-electron chi connectivity index (χ3n) is 4.18. The SMILES string of the molecule is COC(=O)[C@H]1CC[C@@H](Nc2ncnc3cccc(C)c23)C1. The Bertz CT molecular complexity index is 666. The number of anilines is 1. The number of hydrogen-bond acceptors (Lipinski definition) is 5. The molecule has 1 fully saturated rings. The molecule has 3 rings (SSSR count).